The number of amides is 1. The summed E-state index contributed by atoms with van der Waals surface area (Å²) in [5, 5.41) is 0. The highest BCUT2D eigenvalue weighted by Crippen LogP contribution is 2.21. The smallest absolute Gasteiger partial charge is 0.246 e. The molecule has 2 fully saturated rings. The monoisotopic (exact) mass is 314 g/mol. The van der Waals surface area contributed by atoms with Crippen LogP contribution in [-0.2, 0) is 4.79 Å². The zero-order valence-corrected chi connectivity index (χ0v) is 13.9. The molecule has 4 heteroatoms. The minimum Gasteiger partial charge on any atom is -0.494 e. The Kier molecular flexibility index (Phi) is 5.34. The maximum atomic E-state index is 12.3. The Morgan fingerprint density at radius 3 is 2.65 bits per heavy atom. The van der Waals surface area contributed by atoms with Crippen molar-refractivity contribution in [1.29, 1.82) is 0 Å². The summed E-state index contributed by atoms with van der Waals surface area (Å²) in [5.74, 6) is 0.990. The lowest BCUT2D eigenvalue weighted by atomic mass is 10.2. The Morgan fingerprint density at radius 2 is 1.96 bits per heavy atom. The number of carbonyl (C=O) groups is 1. The number of carbonyl (C=O) groups excluding carboxylic acids is 1. The molecule has 23 heavy (non-hydrogen) atoms. The zero-order chi connectivity index (χ0) is 16.1. The van der Waals surface area contributed by atoms with Crippen molar-refractivity contribution in [3.05, 3.63) is 35.9 Å². The third-order valence-corrected chi connectivity index (χ3v) is 4.74. The minimum atomic E-state index is 0.126. The van der Waals surface area contributed by atoms with Crippen LogP contribution in [0.2, 0.25) is 0 Å². The molecule has 2 heterocycles. The van der Waals surface area contributed by atoms with Crippen LogP contribution >= 0.6 is 0 Å². The highest BCUT2D eigenvalue weighted by Gasteiger charge is 2.30. The van der Waals surface area contributed by atoms with Crippen molar-refractivity contribution in [2.45, 2.75) is 32.2 Å². The molecule has 0 aliphatic carbocycles. The van der Waals surface area contributed by atoms with Gasteiger partial charge in [-0.05, 0) is 63.0 Å². The van der Waals surface area contributed by atoms with Gasteiger partial charge in [0.25, 0.3) is 0 Å². The van der Waals surface area contributed by atoms with E-state index in [1.807, 2.05) is 42.2 Å². The van der Waals surface area contributed by atoms with E-state index in [9.17, 15) is 4.79 Å². The van der Waals surface area contributed by atoms with Gasteiger partial charge in [0, 0.05) is 25.2 Å². The quantitative estimate of drug-likeness (QED) is 0.784. The van der Waals surface area contributed by atoms with Crippen molar-refractivity contribution in [3.8, 4) is 5.75 Å². The SMILES string of the molecule is CCOc1ccc(/C=C/C(=O)N2CC[C@@H](N3CCCC3)C2)cc1. The second kappa shape index (κ2) is 7.64. The van der Waals surface area contributed by atoms with Gasteiger partial charge in [0.2, 0.25) is 5.91 Å². The van der Waals surface area contributed by atoms with E-state index in [0.717, 1.165) is 30.8 Å². The van der Waals surface area contributed by atoms with Gasteiger partial charge in [-0.3, -0.25) is 9.69 Å². The molecule has 0 spiro atoms. The second-order valence-corrected chi connectivity index (χ2v) is 6.31. The fourth-order valence-electron chi connectivity index (χ4n) is 3.46. The number of hydrogen-bond acceptors (Lipinski definition) is 3. The molecule has 0 aromatic heterocycles. The molecule has 1 amide bonds. The summed E-state index contributed by atoms with van der Waals surface area (Å²) in [7, 11) is 0. The van der Waals surface area contributed by atoms with E-state index in [0.29, 0.717) is 12.6 Å². The van der Waals surface area contributed by atoms with E-state index in [4.69, 9.17) is 4.74 Å². The number of rotatable bonds is 5. The number of nitrogens with zero attached hydrogens (tertiary/aromatic N) is 2. The molecule has 2 aliphatic rings. The highest BCUT2D eigenvalue weighted by atomic mass is 16.5. The van der Waals surface area contributed by atoms with Crippen molar-refractivity contribution in [3.63, 3.8) is 0 Å². The van der Waals surface area contributed by atoms with Crippen molar-refractivity contribution >= 4 is 12.0 Å². The molecule has 4 nitrogen and oxygen atoms in total. The third kappa shape index (κ3) is 4.14. The lowest BCUT2D eigenvalue weighted by Crippen LogP contribution is -2.36. The predicted octanol–water partition coefficient (Wildman–Crippen LogP) is 2.80. The summed E-state index contributed by atoms with van der Waals surface area (Å²) in [6.45, 7) is 6.81. The van der Waals surface area contributed by atoms with Crippen LogP contribution in [0.25, 0.3) is 6.08 Å². The molecule has 124 valence electrons. The largest absolute Gasteiger partial charge is 0.494 e. The molecule has 1 aromatic carbocycles. The van der Waals surface area contributed by atoms with Crippen LogP contribution in [0.4, 0.5) is 0 Å². The van der Waals surface area contributed by atoms with Crippen LogP contribution in [0, 0.1) is 0 Å². The first-order valence-electron chi connectivity index (χ1n) is 8.70. The van der Waals surface area contributed by atoms with Gasteiger partial charge >= 0.3 is 0 Å². The molecule has 0 bridgehead atoms. The summed E-state index contributed by atoms with van der Waals surface area (Å²) in [6.07, 6.45) is 7.32. The molecule has 3 rings (SSSR count). The standard InChI is InChI=1S/C19H26N2O2/c1-2-23-18-8-5-16(6-9-18)7-10-19(22)21-14-11-17(15-21)20-12-3-4-13-20/h5-10,17H,2-4,11-15H2,1H3/b10-7+/t17-/m1/s1. The molecule has 0 N–H and O–H groups in total. The first kappa shape index (κ1) is 16.1. The average Bonchev–Trinajstić information content (AvgIpc) is 3.25. The molecular weight excluding hydrogens is 288 g/mol. The van der Waals surface area contributed by atoms with E-state index in [2.05, 4.69) is 4.90 Å². The summed E-state index contributed by atoms with van der Waals surface area (Å²) in [6, 6.07) is 8.40. The van der Waals surface area contributed by atoms with E-state index in [1.54, 1.807) is 6.08 Å². The first-order valence-corrected chi connectivity index (χ1v) is 8.70. The number of hydrogen-bond donors (Lipinski definition) is 0. The molecule has 1 atom stereocenters. The topological polar surface area (TPSA) is 32.8 Å². The van der Waals surface area contributed by atoms with Gasteiger partial charge in [-0.15, -0.1) is 0 Å². The Balaban J connectivity index is 1.52. The first-order chi connectivity index (χ1) is 11.3. The van der Waals surface area contributed by atoms with Crippen molar-refractivity contribution in [2.24, 2.45) is 0 Å². The summed E-state index contributed by atoms with van der Waals surface area (Å²) < 4.78 is 5.42. The molecule has 0 radical (unpaired) electrons. The van der Waals surface area contributed by atoms with Crippen LogP contribution in [0.15, 0.2) is 30.3 Å². The van der Waals surface area contributed by atoms with Gasteiger partial charge < -0.3 is 9.64 Å². The van der Waals surface area contributed by atoms with Gasteiger partial charge in [0.1, 0.15) is 5.75 Å². The van der Waals surface area contributed by atoms with Crippen molar-refractivity contribution in [1.82, 2.24) is 9.80 Å². The number of ether oxygens (including phenoxy) is 1. The fourth-order valence-corrected chi connectivity index (χ4v) is 3.46. The molecule has 1 aromatic rings. The Hall–Kier alpha value is -1.81. The van der Waals surface area contributed by atoms with Gasteiger partial charge in [0.05, 0.1) is 6.61 Å². The van der Waals surface area contributed by atoms with Crippen LogP contribution in [0.1, 0.15) is 31.7 Å². The van der Waals surface area contributed by atoms with Crippen LogP contribution in [-0.4, -0.2) is 54.5 Å². The van der Waals surface area contributed by atoms with Gasteiger partial charge in [-0.25, -0.2) is 0 Å². The van der Waals surface area contributed by atoms with Gasteiger partial charge in [-0.1, -0.05) is 12.1 Å². The average molecular weight is 314 g/mol. The Bertz CT molecular complexity index is 547. The van der Waals surface area contributed by atoms with Crippen molar-refractivity contribution < 1.29 is 9.53 Å². The van der Waals surface area contributed by atoms with E-state index in [1.165, 1.54) is 25.9 Å². The summed E-state index contributed by atoms with van der Waals surface area (Å²) in [4.78, 5) is 16.9. The predicted molar refractivity (Wildman–Crippen MR) is 92.4 cm³/mol. The Labute approximate surface area is 138 Å². The number of benzene rings is 1. The molecule has 2 saturated heterocycles. The molecule has 2 aliphatic heterocycles. The summed E-state index contributed by atoms with van der Waals surface area (Å²) >= 11 is 0. The van der Waals surface area contributed by atoms with Crippen LogP contribution in [0.3, 0.4) is 0 Å². The maximum absolute atomic E-state index is 12.3. The van der Waals surface area contributed by atoms with E-state index >= 15 is 0 Å². The van der Waals surface area contributed by atoms with Gasteiger partial charge in [-0.2, -0.15) is 0 Å². The fraction of sp³-hybridized carbons (Fsp3) is 0.526. The van der Waals surface area contributed by atoms with Gasteiger partial charge in [0.15, 0.2) is 0 Å². The second-order valence-electron chi connectivity index (χ2n) is 6.31. The highest BCUT2D eigenvalue weighted by molar-refractivity contribution is 5.92. The minimum absolute atomic E-state index is 0.126. The maximum Gasteiger partial charge on any atom is 0.246 e. The van der Waals surface area contributed by atoms with E-state index < -0.39 is 0 Å². The van der Waals surface area contributed by atoms with E-state index in [-0.39, 0.29) is 5.91 Å². The normalized spacial score (nSPS) is 22.1. The third-order valence-electron chi connectivity index (χ3n) is 4.74. The zero-order valence-electron chi connectivity index (χ0n) is 13.9. The van der Waals surface area contributed by atoms with Crippen LogP contribution in [0.5, 0.6) is 5.75 Å². The van der Waals surface area contributed by atoms with Crippen LogP contribution < -0.4 is 4.74 Å². The molecule has 0 unspecified atom stereocenters. The summed E-state index contributed by atoms with van der Waals surface area (Å²) in [5.41, 5.74) is 1.03. The Morgan fingerprint density at radius 1 is 1.22 bits per heavy atom. The van der Waals surface area contributed by atoms with Crippen molar-refractivity contribution in [2.75, 3.05) is 32.8 Å². The lowest BCUT2D eigenvalue weighted by Gasteiger charge is -2.23. The number of likely N-dealkylation sites (tertiary alicyclic amines) is 2. The molecular formula is C19H26N2O2. The lowest BCUT2D eigenvalue weighted by molar-refractivity contribution is -0.125. The molecule has 0 saturated carbocycles.